The van der Waals surface area contributed by atoms with E-state index in [9.17, 15) is 18.0 Å². The number of benzene rings is 1. The van der Waals surface area contributed by atoms with Gasteiger partial charge in [0.25, 0.3) is 0 Å². The van der Waals surface area contributed by atoms with Crippen LogP contribution in [-0.4, -0.2) is 21.0 Å². The van der Waals surface area contributed by atoms with Gasteiger partial charge in [0.1, 0.15) is 5.03 Å². The van der Waals surface area contributed by atoms with E-state index >= 15 is 0 Å². The summed E-state index contributed by atoms with van der Waals surface area (Å²) in [6.07, 6.45) is -0.465. The van der Waals surface area contributed by atoms with Gasteiger partial charge in [0.15, 0.2) is 0 Å². The number of aromatic carboxylic acids is 1. The first kappa shape index (κ1) is 14.3. The van der Waals surface area contributed by atoms with Crippen molar-refractivity contribution in [3.05, 3.63) is 47.9 Å². The Balaban J connectivity index is 2.40. The number of carbonyl (C=O) groups is 1. The summed E-state index contributed by atoms with van der Waals surface area (Å²) >= 11 is 0.972. The normalized spacial score (nSPS) is 11.3. The standard InChI is InChI=1S/C12H7F3N2O2S/c13-12(14,15)9-5-7(1-2-8(9)11(18)19)20-10-6-16-3-4-17-10/h1-6H,(H,18,19). The van der Waals surface area contributed by atoms with E-state index in [1.165, 1.54) is 24.7 Å². The Bertz CT molecular complexity index is 632. The lowest BCUT2D eigenvalue weighted by molar-refractivity contribution is -0.138. The van der Waals surface area contributed by atoms with Crippen LogP contribution >= 0.6 is 11.8 Å². The summed E-state index contributed by atoms with van der Waals surface area (Å²) in [6.45, 7) is 0. The van der Waals surface area contributed by atoms with E-state index in [1.54, 1.807) is 0 Å². The molecule has 20 heavy (non-hydrogen) atoms. The van der Waals surface area contributed by atoms with E-state index in [0.29, 0.717) is 5.03 Å². The molecule has 0 spiro atoms. The van der Waals surface area contributed by atoms with Crippen molar-refractivity contribution in [1.29, 1.82) is 0 Å². The highest BCUT2D eigenvalue weighted by molar-refractivity contribution is 7.99. The fourth-order valence-corrected chi connectivity index (χ4v) is 2.25. The summed E-state index contributed by atoms with van der Waals surface area (Å²) in [5.74, 6) is -1.62. The van der Waals surface area contributed by atoms with Crippen molar-refractivity contribution in [2.75, 3.05) is 0 Å². The molecule has 0 bridgehead atoms. The van der Waals surface area contributed by atoms with Gasteiger partial charge in [-0.05, 0) is 18.2 Å². The number of hydrogen-bond donors (Lipinski definition) is 1. The van der Waals surface area contributed by atoms with Gasteiger partial charge in [0, 0.05) is 17.3 Å². The molecule has 0 fully saturated rings. The topological polar surface area (TPSA) is 63.1 Å². The maximum atomic E-state index is 12.8. The first-order valence-electron chi connectivity index (χ1n) is 5.26. The van der Waals surface area contributed by atoms with Crippen LogP contribution in [-0.2, 0) is 6.18 Å². The zero-order chi connectivity index (χ0) is 14.8. The van der Waals surface area contributed by atoms with Crippen molar-refractivity contribution < 1.29 is 23.1 Å². The number of aromatic nitrogens is 2. The second-order valence-corrected chi connectivity index (χ2v) is 4.75. The molecule has 0 saturated carbocycles. The average Bonchev–Trinajstić information content (AvgIpc) is 2.38. The smallest absolute Gasteiger partial charge is 0.417 e. The summed E-state index contributed by atoms with van der Waals surface area (Å²) in [6, 6.07) is 3.03. The predicted molar refractivity (Wildman–Crippen MR) is 64.6 cm³/mol. The maximum Gasteiger partial charge on any atom is 0.417 e. The summed E-state index contributed by atoms with van der Waals surface area (Å²) in [5.41, 5.74) is -1.96. The molecule has 8 heteroatoms. The Kier molecular flexibility index (Phi) is 3.93. The van der Waals surface area contributed by atoms with Crippen LogP contribution in [0.4, 0.5) is 13.2 Å². The molecule has 0 aliphatic heterocycles. The molecule has 104 valence electrons. The van der Waals surface area contributed by atoms with Gasteiger partial charge in [0.05, 0.1) is 17.3 Å². The van der Waals surface area contributed by atoms with Crippen molar-refractivity contribution in [2.24, 2.45) is 0 Å². The van der Waals surface area contributed by atoms with Crippen LogP contribution in [0, 0.1) is 0 Å². The van der Waals surface area contributed by atoms with Crippen LogP contribution in [0.2, 0.25) is 0 Å². The largest absolute Gasteiger partial charge is 0.478 e. The number of rotatable bonds is 3. The molecule has 0 atom stereocenters. The van der Waals surface area contributed by atoms with Crippen LogP contribution in [0.15, 0.2) is 46.7 Å². The molecule has 2 rings (SSSR count). The number of alkyl halides is 3. The van der Waals surface area contributed by atoms with Gasteiger partial charge in [0.2, 0.25) is 0 Å². The van der Waals surface area contributed by atoms with Crippen molar-refractivity contribution in [1.82, 2.24) is 9.97 Å². The predicted octanol–water partition coefficient (Wildman–Crippen LogP) is 3.34. The SMILES string of the molecule is O=C(O)c1ccc(Sc2cnccn2)cc1C(F)(F)F. The molecule has 0 aliphatic rings. The van der Waals surface area contributed by atoms with E-state index in [2.05, 4.69) is 9.97 Å². The van der Waals surface area contributed by atoms with Crippen molar-refractivity contribution in [2.45, 2.75) is 16.1 Å². The summed E-state index contributed by atoms with van der Waals surface area (Å²) in [5, 5.41) is 9.20. The Morgan fingerprint density at radius 2 is 2.00 bits per heavy atom. The van der Waals surface area contributed by atoms with E-state index < -0.39 is 23.3 Å². The monoisotopic (exact) mass is 300 g/mol. The first-order chi connectivity index (χ1) is 9.38. The van der Waals surface area contributed by atoms with Gasteiger partial charge < -0.3 is 5.11 Å². The quantitative estimate of drug-likeness (QED) is 0.942. The van der Waals surface area contributed by atoms with Crippen LogP contribution in [0.1, 0.15) is 15.9 Å². The van der Waals surface area contributed by atoms with Crippen LogP contribution < -0.4 is 0 Å². The minimum atomic E-state index is -4.73. The third kappa shape index (κ3) is 3.27. The zero-order valence-electron chi connectivity index (χ0n) is 9.76. The molecule has 2 aromatic rings. The highest BCUT2D eigenvalue weighted by atomic mass is 32.2. The second-order valence-electron chi connectivity index (χ2n) is 3.66. The van der Waals surface area contributed by atoms with Gasteiger partial charge in [-0.15, -0.1) is 0 Å². The highest BCUT2D eigenvalue weighted by Gasteiger charge is 2.35. The van der Waals surface area contributed by atoms with E-state index in [0.717, 1.165) is 23.9 Å². The lowest BCUT2D eigenvalue weighted by Gasteiger charge is -2.11. The summed E-state index contributed by atoms with van der Waals surface area (Å²) < 4.78 is 38.5. The summed E-state index contributed by atoms with van der Waals surface area (Å²) in [7, 11) is 0. The Morgan fingerprint density at radius 3 is 2.55 bits per heavy atom. The molecular weight excluding hydrogens is 293 g/mol. The van der Waals surface area contributed by atoms with Gasteiger partial charge in [-0.25, -0.2) is 9.78 Å². The molecule has 0 radical (unpaired) electrons. The lowest BCUT2D eigenvalue weighted by Crippen LogP contribution is -2.12. The third-order valence-corrected chi connectivity index (χ3v) is 3.20. The van der Waals surface area contributed by atoms with Crippen LogP contribution in [0.5, 0.6) is 0 Å². The Morgan fingerprint density at radius 1 is 1.25 bits per heavy atom. The minimum absolute atomic E-state index is 0.239. The molecule has 0 amide bonds. The number of carboxylic acids is 1. The molecule has 1 aromatic carbocycles. The van der Waals surface area contributed by atoms with Crippen molar-refractivity contribution in [3.63, 3.8) is 0 Å². The highest BCUT2D eigenvalue weighted by Crippen LogP contribution is 2.36. The number of carboxylic acid groups (broad SMARTS) is 1. The Hall–Kier alpha value is -2.09. The molecule has 1 heterocycles. The third-order valence-electron chi connectivity index (χ3n) is 2.29. The van der Waals surface area contributed by atoms with Gasteiger partial charge >= 0.3 is 12.1 Å². The number of nitrogens with zero attached hydrogens (tertiary/aromatic N) is 2. The fourth-order valence-electron chi connectivity index (χ4n) is 1.47. The van der Waals surface area contributed by atoms with Gasteiger partial charge in [-0.3, -0.25) is 4.98 Å². The zero-order valence-corrected chi connectivity index (χ0v) is 10.6. The molecule has 1 N–H and O–H groups in total. The summed E-state index contributed by atoms with van der Waals surface area (Å²) in [4.78, 5) is 18.8. The van der Waals surface area contributed by atoms with E-state index in [4.69, 9.17) is 5.11 Å². The lowest BCUT2D eigenvalue weighted by atomic mass is 10.1. The number of halogens is 3. The van der Waals surface area contributed by atoms with Gasteiger partial charge in [-0.2, -0.15) is 13.2 Å². The van der Waals surface area contributed by atoms with Crippen LogP contribution in [0.3, 0.4) is 0 Å². The van der Waals surface area contributed by atoms with E-state index in [1.807, 2.05) is 0 Å². The molecule has 0 unspecified atom stereocenters. The molecule has 4 nitrogen and oxygen atoms in total. The van der Waals surface area contributed by atoms with Crippen molar-refractivity contribution >= 4 is 17.7 Å². The minimum Gasteiger partial charge on any atom is -0.478 e. The fraction of sp³-hybridized carbons (Fsp3) is 0.0833. The maximum absolute atomic E-state index is 12.8. The Labute approximate surface area is 115 Å². The second kappa shape index (κ2) is 5.49. The first-order valence-corrected chi connectivity index (χ1v) is 6.08. The van der Waals surface area contributed by atoms with Crippen molar-refractivity contribution in [3.8, 4) is 0 Å². The molecular formula is C12H7F3N2O2S. The van der Waals surface area contributed by atoms with E-state index in [-0.39, 0.29) is 4.90 Å². The van der Waals surface area contributed by atoms with Gasteiger partial charge in [-0.1, -0.05) is 11.8 Å². The van der Waals surface area contributed by atoms with Crippen LogP contribution in [0.25, 0.3) is 0 Å². The molecule has 0 aliphatic carbocycles. The number of hydrogen-bond acceptors (Lipinski definition) is 4. The molecule has 1 aromatic heterocycles. The average molecular weight is 300 g/mol. The molecule has 0 saturated heterocycles.